The molecule has 1 aromatic carbocycles. The lowest BCUT2D eigenvalue weighted by atomic mass is 10.1. The molecule has 3 N–H and O–H groups in total. The molecular weight excluding hydrogens is 372 g/mol. The third-order valence-electron chi connectivity index (χ3n) is 3.78. The smallest absolute Gasteiger partial charge is 0.273 e. The zero-order valence-electron chi connectivity index (χ0n) is 14.3. The summed E-state index contributed by atoms with van der Waals surface area (Å²) in [4.78, 5) is 16.1. The second kappa shape index (κ2) is 8.25. The van der Waals surface area contributed by atoms with Crippen molar-refractivity contribution < 1.29 is 22.8 Å². The summed E-state index contributed by atoms with van der Waals surface area (Å²) in [7, 11) is -3.70. The lowest BCUT2D eigenvalue weighted by molar-refractivity contribution is 0.0945. The van der Waals surface area contributed by atoms with Crippen molar-refractivity contribution in [3.05, 3.63) is 53.1 Å². The van der Waals surface area contributed by atoms with E-state index < -0.39 is 15.9 Å². The number of aliphatic hydroxyl groups is 1. The fraction of sp³-hybridized carbons (Fsp3) is 0.235. The van der Waals surface area contributed by atoms with Crippen LogP contribution in [0.1, 0.15) is 10.5 Å². The van der Waals surface area contributed by atoms with E-state index in [0.29, 0.717) is 11.5 Å². The molecule has 1 aromatic heterocycles. The Balaban J connectivity index is 1.48. The second-order valence-corrected chi connectivity index (χ2v) is 7.49. The highest BCUT2D eigenvalue weighted by atomic mass is 32.2. The minimum absolute atomic E-state index is 0.00120. The van der Waals surface area contributed by atoms with Gasteiger partial charge < -0.3 is 14.9 Å². The van der Waals surface area contributed by atoms with Gasteiger partial charge in [-0.1, -0.05) is 35.5 Å². The predicted molar refractivity (Wildman–Crippen MR) is 98.7 cm³/mol. The first-order valence-electron chi connectivity index (χ1n) is 8.14. The number of rotatable bonds is 8. The second-order valence-electron chi connectivity index (χ2n) is 5.67. The maximum Gasteiger partial charge on any atom is 0.273 e. The van der Waals surface area contributed by atoms with E-state index in [2.05, 4.69) is 20.2 Å². The van der Waals surface area contributed by atoms with Gasteiger partial charge in [0.25, 0.3) is 5.91 Å². The van der Waals surface area contributed by atoms with E-state index in [-0.39, 0.29) is 36.8 Å². The van der Waals surface area contributed by atoms with Crippen LogP contribution in [-0.2, 0) is 10.0 Å². The van der Waals surface area contributed by atoms with Crippen LogP contribution < -0.4 is 10.0 Å². The van der Waals surface area contributed by atoms with Gasteiger partial charge in [0.1, 0.15) is 0 Å². The van der Waals surface area contributed by atoms with Crippen LogP contribution in [0.2, 0.25) is 0 Å². The Morgan fingerprint density at radius 2 is 2.00 bits per heavy atom. The zero-order valence-corrected chi connectivity index (χ0v) is 15.1. The molecule has 0 fully saturated rings. The number of sulfonamides is 1. The Kier molecular flexibility index (Phi) is 5.79. The monoisotopic (exact) mass is 390 g/mol. The van der Waals surface area contributed by atoms with Gasteiger partial charge in [0, 0.05) is 24.7 Å². The van der Waals surface area contributed by atoms with Crippen molar-refractivity contribution >= 4 is 21.6 Å². The molecule has 2 aromatic rings. The number of benzene rings is 1. The van der Waals surface area contributed by atoms with Crippen LogP contribution in [0.15, 0.2) is 56.9 Å². The van der Waals surface area contributed by atoms with E-state index in [1.54, 1.807) is 0 Å². The van der Waals surface area contributed by atoms with Crippen molar-refractivity contribution in [2.75, 3.05) is 26.2 Å². The van der Waals surface area contributed by atoms with E-state index in [4.69, 9.17) is 9.63 Å². The highest BCUT2D eigenvalue weighted by Gasteiger charge is 2.21. The SMILES string of the molecule is O=C(NCCNS(=O)(=O)C1=CC(CO)=NC1)c1cc(-c2ccccc2)on1. The van der Waals surface area contributed by atoms with E-state index in [0.717, 1.165) is 5.56 Å². The summed E-state index contributed by atoms with van der Waals surface area (Å²) in [5.41, 5.74) is 1.23. The summed E-state index contributed by atoms with van der Waals surface area (Å²) < 4.78 is 31.7. The van der Waals surface area contributed by atoms with Gasteiger partial charge in [-0.3, -0.25) is 9.79 Å². The molecule has 27 heavy (non-hydrogen) atoms. The highest BCUT2D eigenvalue weighted by molar-refractivity contribution is 7.93. The summed E-state index contributed by atoms with van der Waals surface area (Å²) in [5.74, 6) is 0.000391. The Morgan fingerprint density at radius 1 is 1.22 bits per heavy atom. The van der Waals surface area contributed by atoms with Crippen molar-refractivity contribution in [1.29, 1.82) is 0 Å². The fourth-order valence-corrected chi connectivity index (χ4v) is 3.46. The molecule has 0 bridgehead atoms. The van der Waals surface area contributed by atoms with Crippen LogP contribution in [0.3, 0.4) is 0 Å². The van der Waals surface area contributed by atoms with Gasteiger partial charge in [-0.2, -0.15) is 0 Å². The molecule has 10 heteroatoms. The molecule has 0 radical (unpaired) electrons. The molecule has 0 atom stereocenters. The van der Waals surface area contributed by atoms with Gasteiger partial charge in [0.05, 0.1) is 23.8 Å². The average molecular weight is 390 g/mol. The standard InChI is InChI=1S/C17H18N4O5S/c22-11-13-8-14(10-19-13)27(24,25)20-7-6-18-17(23)15-9-16(26-21-15)12-4-2-1-3-5-12/h1-5,8-9,20,22H,6-7,10-11H2,(H,18,23). The van der Waals surface area contributed by atoms with E-state index in [9.17, 15) is 13.2 Å². The Labute approximate surface area is 155 Å². The van der Waals surface area contributed by atoms with Gasteiger partial charge in [0.15, 0.2) is 11.5 Å². The molecule has 9 nitrogen and oxygen atoms in total. The van der Waals surface area contributed by atoms with Crippen molar-refractivity contribution in [2.24, 2.45) is 4.99 Å². The summed E-state index contributed by atoms with van der Waals surface area (Å²) in [6.45, 7) is -0.230. The Hall–Kier alpha value is -2.82. The van der Waals surface area contributed by atoms with E-state index >= 15 is 0 Å². The molecule has 0 aliphatic carbocycles. The van der Waals surface area contributed by atoms with E-state index in [1.807, 2.05) is 30.3 Å². The topological polar surface area (TPSA) is 134 Å². The number of hydrogen-bond acceptors (Lipinski definition) is 7. The van der Waals surface area contributed by atoms with Crippen molar-refractivity contribution in [2.45, 2.75) is 0 Å². The molecular formula is C17H18N4O5S. The summed E-state index contributed by atoms with van der Waals surface area (Å²) in [6, 6.07) is 10.7. The quantitative estimate of drug-likeness (QED) is 0.556. The lowest BCUT2D eigenvalue weighted by Gasteiger charge is -2.07. The number of aliphatic hydroxyl groups excluding tert-OH is 1. The lowest BCUT2D eigenvalue weighted by Crippen LogP contribution is -2.35. The molecule has 1 aliphatic rings. The van der Waals surface area contributed by atoms with Gasteiger partial charge >= 0.3 is 0 Å². The molecule has 1 aliphatic heterocycles. The average Bonchev–Trinajstić information content (AvgIpc) is 3.35. The summed E-state index contributed by atoms with van der Waals surface area (Å²) in [5, 5.41) is 15.3. The molecule has 3 rings (SSSR count). The normalized spacial score (nSPS) is 14.0. The van der Waals surface area contributed by atoms with Crippen LogP contribution in [0.25, 0.3) is 11.3 Å². The van der Waals surface area contributed by atoms with Gasteiger partial charge in [0.2, 0.25) is 10.0 Å². The summed E-state index contributed by atoms with van der Waals surface area (Å²) in [6.07, 6.45) is 1.33. The molecule has 0 spiro atoms. The maximum atomic E-state index is 12.1. The van der Waals surface area contributed by atoms with Crippen LogP contribution >= 0.6 is 0 Å². The van der Waals surface area contributed by atoms with Crippen molar-refractivity contribution in [3.8, 4) is 11.3 Å². The minimum Gasteiger partial charge on any atom is -0.390 e. The first-order chi connectivity index (χ1) is 13.0. The molecule has 1 amide bonds. The molecule has 2 heterocycles. The Morgan fingerprint density at radius 3 is 2.70 bits per heavy atom. The first-order valence-corrected chi connectivity index (χ1v) is 9.62. The van der Waals surface area contributed by atoms with Crippen LogP contribution in [-0.4, -0.2) is 56.5 Å². The number of aromatic nitrogens is 1. The van der Waals surface area contributed by atoms with Gasteiger partial charge in [-0.05, 0) is 6.08 Å². The Bertz CT molecular complexity index is 980. The third-order valence-corrected chi connectivity index (χ3v) is 5.30. The number of amides is 1. The number of nitrogens with one attached hydrogen (secondary N) is 2. The van der Waals surface area contributed by atoms with Gasteiger partial charge in [-0.15, -0.1) is 0 Å². The third kappa shape index (κ3) is 4.67. The number of hydrogen-bond donors (Lipinski definition) is 3. The van der Waals surface area contributed by atoms with Crippen molar-refractivity contribution in [1.82, 2.24) is 15.2 Å². The molecule has 0 unspecified atom stereocenters. The maximum absolute atomic E-state index is 12.1. The van der Waals surface area contributed by atoms with Crippen LogP contribution in [0, 0.1) is 0 Å². The zero-order chi connectivity index (χ0) is 19.3. The summed E-state index contributed by atoms with van der Waals surface area (Å²) >= 11 is 0. The molecule has 142 valence electrons. The minimum atomic E-state index is -3.70. The molecule has 0 saturated carbocycles. The number of carbonyl (C=O) groups excluding carboxylic acids is 1. The number of nitrogens with zero attached hydrogens (tertiary/aromatic N) is 2. The first kappa shape index (κ1) is 19.0. The van der Waals surface area contributed by atoms with Gasteiger partial charge in [-0.25, -0.2) is 13.1 Å². The molecule has 0 saturated heterocycles. The fourth-order valence-electron chi connectivity index (χ4n) is 2.38. The number of aliphatic imine (C=N–C) groups is 1. The highest BCUT2D eigenvalue weighted by Crippen LogP contribution is 2.19. The predicted octanol–water partition coefficient (Wildman–Crippen LogP) is 0.322. The number of carbonyl (C=O) groups is 1. The van der Waals surface area contributed by atoms with Crippen molar-refractivity contribution in [3.63, 3.8) is 0 Å². The van der Waals surface area contributed by atoms with E-state index in [1.165, 1.54) is 12.1 Å². The van der Waals surface area contributed by atoms with Crippen LogP contribution in [0.5, 0.6) is 0 Å². The largest absolute Gasteiger partial charge is 0.390 e. The van der Waals surface area contributed by atoms with Crippen LogP contribution in [0.4, 0.5) is 0 Å².